The predicted octanol–water partition coefficient (Wildman–Crippen LogP) is 5.26. The van der Waals surface area contributed by atoms with Crippen molar-refractivity contribution in [3.8, 4) is 0 Å². The van der Waals surface area contributed by atoms with Crippen LogP contribution in [0.1, 0.15) is 42.6 Å². The van der Waals surface area contributed by atoms with Gasteiger partial charge in [0.15, 0.2) is 0 Å². The van der Waals surface area contributed by atoms with Crippen LogP contribution in [-0.2, 0) is 21.2 Å². The van der Waals surface area contributed by atoms with Gasteiger partial charge in [-0.3, -0.25) is 4.72 Å². The lowest BCUT2D eigenvalue weighted by Crippen LogP contribution is -2.41. The van der Waals surface area contributed by atoms with Gasteiger partial charge >= 0.3 is 0 Å². The minimum absolute atomic E-state index is 0.0632. The third kappa shape index (κ3) is 6.92. The Balaban J connectivity index is 1.35. The molecule has 6 heteroatoms. The summed E-state index contributed by atoms with van der Waals surface area (Å²) in [5.41, 5.74) is 4.19. The van der Waals surface area contributed by atoms with Crippen molar-refractivity contribution >= 4 is 15.7 Å². The van der Waals surface area contributed by atoms with Gasteiger partial charge in [-0.05, 0) is 61.6 Å². The molecule has 0 radical (unpaired) electrons. The summed E-state index contributed by atoms with van der Waals surface area (Å²) in [4.78, 5) is 2.48. The maximum absolute atomic E-state index is 11.7. The van der Waals surface area contributed by atoms with Crippen LogP contribution in [0.25, 0.3) is 0 Å². The largest absolute Gasteiger partial charge is 0.364 e. The number of anilines is 1. The topological polar surface area (TPSA) is 58.6 Å². The van der Waals surface area contributed by atoms with Crippen molar-refractivity contribution in [3.05, 3.63) is 102 Å². The van der Waals surface area contributed by atoms with Crippen molar-refractivity contribution < 1.29 is 13.2 Å². The first-order valence-electron chi connectivity index (χ1n) is 12.1. The van der Waals surface area contributed by atoms with Crippen LogP contribution in [0.5, 0.6) is 0 Å². The Morgan fingerprint density at radius 3 is 2.15 bits per heavy atom. The van der Waals surface area contributed by atoms with Crippen LogP contribution < -0.4 is 4.72 Å². The summed E-state index contributed by atoms with van der Waals surface area (Å²) < 4.78 is 32.8. The molecule has 1 saturated heterocycles. The summed E-state index contributed by atoms with van der Waals surface area (Å²) in [6, 6.07) is 28.6. The lowest BCUT2D eigenvalue weighted by molar-refractivity contribution is -0.0330. The van der Waals surface area contributed by atoms with Crippen molar-refractivity contribution in [2.24, 2.45) is 0 Å². The zero-order chi connectivity index (χ0) is 23.8. The number of ether oxygens (including phenoxy) is 1. The smallest absolute Gasteiger partial charge is 0.232 e. The van der Waals surface area contributed by atoms with E-state index in [9.17, 15) is 8.42 Å². The van der Waals surface area contributed by atoms with E-state index in [0.717, 1.165) is 38.9 Å². The molecule has 0 bridgehead atoms. The number of hydrogen-bond donors (Lipinski definition) is 1. The molecule has 34 heavy (non-hydrogen) atoms. The fourth-order valence-electron chi connectivity index (χ4n) is 4.40. The summed E-state index contributed by atoms with van der Waals surface area (Å²) in [7, 11) is -3.24. The van der Waals surface area contributed by atoms with Gasteiger partial charge in [0.2, 0.25) is 10.0 Å². The van der Waals surface area contributed by atoms with Gasteiger partial charge in [-0.1, -0.05) is 72.8 Å². The van der Waals surface area contributed by atoms with Crippen molar-refractivity contribution in [1.29, 1.82) is 0 Å². The van der Waals surface area contributed by atoms with E-state index < -0.39 is 10.0 Å². The number of hydrogen-bond acceptors (Lipinski definition) is 4. The minimum atomic E-state index is -3.24. The molecular weight excluding hydrogens is 444 g/mol. The fraction of sp³-hybridized carbons (Fsp3) is 0.357. The van der Waals surface area contributed by atoms with E-state index in [0.29, 0.717) is 5.69 Å². The second-order valence-electron chi connectivity index (χ2n) is 8.85. The molecule has 0 saturated carbocycles. The highest BCUT2D eigenvalue weighted by Gasteiger charge is 2.25. The van der Waals surface area contributed by atoms with Crippen molar-refractivity contribution in [2.75, 3.05) is 30.1 Å². The first-order chi connectivity index (χ1) is 16.5. The molecule has 1 heterocycles. The molecule has 1 fully saturated rings. The first-order valence-corrected chi connectivity index (χ1v) is 13.7. The van der Waals surface area contributed by atoms with Gasteiger partial charge in [0.1, 0.15) is 6.10 Å². The number of rotatable bonds is 10. The van der Waals surface area contributed by atoms with Crippen LogP contribution in [0.4, 0.5) is 5.69 Å². The van der Waals surface area contributed by atoms with E-state index >= 15 is 0 Å². The number of likely N-dealkylation sites (tertiary alicyclic amines) is 1. The Morgan fingerprint density at radius 1 is 0.941 bits per heavy atom. The molecule has 1 unspecified atom stereocenters. The molecule has 180 valence electrons. The van der Waals surface area contributed by atoms with Crippen molar-refractivity contribution in [1.82, 2.24) is 4.90 Å². The number of nitrogens with zero attached hydrogens (tertiary/aromatic N) is 1. The Hall–Kier alpha value is -2.67. The van der Waals surface area contributed by atoms with E-state index in [1.807, 2.05) is 36.4 Å². The predicted molar refractivity (Wildman–Crippen MR) is 139 cm³/mol. The molecule has 4 rings (SSSR count). The van der Waals surface area contributed by atoms with Gasteiger partial charge < -0.3 is 9.64 Å². The second kappa shape index (κ2) is 11.6. The van der Waals surface area contributed by atoms with E-state index in [-0.39, 0.29) is 18.0 Å². The molecule has 1 N–H and O–H groups in total. The van der Waals surface area contributed by atoms with Crippen molar-refractivity contribution in [3.63, 3.8) is 0 Å². The van der Waals surface area contributed by atoms with E-state index in [1.54, 1.807) is 6.92 Å². The first kappa shape index (κ1) is 24.5. The van der Waals surface area contributed by atoms with Gasteiger partial charge in [0.05, 0.1) is 11.9 Å². The molecule has 1 aliphatic heterocycles. The van der Waals surface area contributed by atoms with Crippen LogP contribution in [0.15, 0.2) is 84.9 Å². The summed E-state index contributed by atoms with van der Waals surface area (Å²) in [5, 5.41) is 0. The Morgan fingerprint density at radius 2 is 1.56 bits per heavy atom. The molecule has 0 spiro atoms. The minimum Gasteiger partial charge on any atom is -0.364 e. The van der Waals surface area contributed by atoms with E-state index in [2.05, 4.69) is 58.2 Å². The lowest BCUT2D eigenvalue weighted by atomic mass is 10.00. The second-order valence-corrected chi connectivity index (χ2v) is 10.9. The van der Waals surface area contributed by atoms with Crippen LogP contribution in [-0.4, -0.2) is 44.8 Å². The highest BCUT2D eigenvalue weighted by Crippen LogP contribution is 2.29. The summed E-state index contributed by atoms with van der Waals surface area (Å²) >= 11 is 0. The zero-order valence-electron chi connectivity index (χ0n) is 19.8. The monoisotopic (exact) mass is 478 g/mol. The quantitative estimate of drug-likeness (QED) is 0.432. The summed E-state index contributed by atoms with van der Waals surface area (Å²) in [6.07, 6.45) is 3.24. The van der Waals surface area contributed by atoms with Gasteiger partial charge in [0, 0.05) is 18.8 Å². The third-order valence-electron chi connectivity index (χ3n) is 6.32. The average molecular weight is 479 g/mol. The Kier molecular flexibility index (Phi) is 8.38. The highest BCUT2D eigenvalue weighted by molar-refractivity contribution is 7.92. The SMILES string of the molecule is CCS(=O)(=O)Nc1ccc(CCN2CCCC(OC(c3ccccc3)c3ccccc3)C2)cc1. The highest BCUT2D eigenvalue weighted by atomic mass is 32.2. The summed E-state index contributed by atoms with van der Waals surface area (Å²) in [6.45, 7) is 4.59. The van der Waals surface area contributed by atoms with Crippen LogP contribution in [0.3, 0.4) is 0 Å². The van der Waals surface area contributed by atoms with Gasteiger partial charge in [0.25, 0.3) is 0 Å². The van der Waals surface area contributed by atoms with Gasteiger partial charge in [-0.25, -0.2) is 8.42 Å². The van der Waals surface area contributed by atoms with Crippen LogP contribution in [0, 0.1) is 0 Å². The van der Waals surface area contributed by atoms with E-state index in [1.165, 1.54) is 16.7 Å². The molecule has 0 aromatic heterocycles. The normalized spacial score (nSPS) is 17.1. The zero-order valence-corrected chi connectivity index (χ0v) is 20.6. The van der Waals surface area contributed by atoms with E-state index in [4.69, 9.17) is 4.74 Å². The average Bonchev–Trinajstić information content (AvgIpc) is 2.88. The number of benzene rings is 3. The van der Waals surface area contributed by atoms with Crippen molar-refractivity contribution in [2.45, 2.75) is 38.4 Å². The summed E-state index contributed by atoms with van der Waals surface area (Å²) in [5.74, 6) is 0.0718. The molecule has 0 aliphatic carbocycles. The number of nitrogens with one attached hydrogen (secondary N) is 1. The Bertz CT molecular complexity index is 1080. The molecule has 1 aliphatic rings. The van der Waals surface area contributed by atoms with Crippen LogP contribution in [0.2, 0.25) is 0 Å². The van der Waals surface area contributed by atoms with Gasteiger partial charge in [-0.15, -0.1) is 0 Å². The molecule has 1 atom stereocenters. The number of sulfonamides is 1. The molecule has 5 nitrogen and oxygen atoms in total. The maximum atomic E-state index is 11.7. The molecular formula is C28H34N2O3S. The van der Waals surface area contributed by atoms with Gasteiger partial charge in [-0.2, -0.15) is 0 Å². The fourth-order valence-corrected chi connectivity index (χ4v) is 5.04. The third-order valence-corrected chi connectivity index (χ3v) is 7.63. The lowest BCUT2D eigenvalue weighted by Gasteiger charge is -2.35. The maximum Gasteiger partial charge on any atom is 0.232 e. The Labute approximate surface area is 203 Å². The molecule has 0 amide bonds. The van der Waals surface area contributed by atoms with Crippen LogP contribution >= 0.6 is 0 Å². The molecule has 3 aromatic carbocycles. The molecule has 3 aromatic rings. The number of piperidine rings is 1. The standard InChI is InChI=1S/C28H34N2O3S/c1-2-34(31,32)29-26-17-15-23(16-18-26)19-21-30-20-9-14-27(22-30)33-28(24-10-5-3-6-11-24)25-12-7-4-8-13-25/h3-8,10-13,15-18,27-29H,2,9,14,19-22H2,1H3.